The zero-order valence-corrected chi connectivity index (χ0v) is 12.9. The highest BCUT2D eigenvalue weighted by atomic mass is 16.5. The molecule has 0 unspecified atom stereocenters. The van der Waals surface area contributed by atoms with Crippen LogP contribution in [0.5, 0.6) is 0 Å². The predicted octanol–water partition coefficient (Wildman–Crippen LogP) is 3.74. The first kappa shape index (κ1) is 14.5. The van der Waals surface area contributed by atoms with Gasteiger partial charge in [0.05, 0.1) is 12.3 Å². The summed E-state index contributed by atoms with van der Waals surface area (Å²) < 4.78 is 7.40. The van der Waals surface area contributed by atoms with E-state index in [4.69, 9.17) is 4.74 Å². The topological polar surface area (TPSA) is 31.2 Å². The van der Waals surface area contributed by atoms with Crippen LogP contribution in [-0.2, 0) is 18.4 Å². The van der Waals surface area contributed by atoms with Crippen LogP contribution in [0.15, 0.2) is 59.4 Å². The molecule has 0 bridgehead atoms. The van der Waals surface area contributed by atoms with Crippen molar-refractivity contribution in [1.82, 2.24) is 4.57 Å². The highest BCUT2D eigenvalue weighted by molar-refractivity contribution is 5.89. The smallest absolute Gasteiger partial charge is 0.258 e. The molecular formula is C19H19NO2. The summed E-state index contributed by atoms with van der Waals surface area (Å²) in [6.07, 6.45) is 0. The van der Waals surface area contributed by atoms with Crippen LogP contribution in [0, 0.1) is 0 Å². The summed E-state index contributed by atoms with van der Waals surface area (Å²) in [5, 5.41) is 1.71. The van der Waals surface area contributed by atoms with Gasteiger partial charge >= 0.3 is 0 Å². The van der Waals surface area contributed by atoms with Crippen molar-refractivity contribution in [2.45, 2.75) is 13.5 Å². The molecule has 2 aromatic carbocycles. The van der Waals surface area contributed by atoms with Gasteiger partial charge < -0.3 is 9.30 Å². The molecule has 0 N–H and O–H groups in total. The fraction of sp³-hybridized carbons (Fsp3) is 0.211. The van der Waals surface area contributed by atoms with Crippen molar-refractivity contribution in [3.8, 4) is 11.3 Å². The summed E-state index contributed by atoms with van der Waals surface area (Å²) in [5.41, 5.74) is 3.04. The number of hydrogen-bond acceptors (Lipinski definition) is 2. The molecular weight excluding hydrogens is 274 g/mol. The van der Waals surface area contributed by atoms with Gasteiger partial charge in [-0.25, -0.2) is 0 Å². The molecule has 112 valence electrons. The van der Waals surface area contributed by atoms with Gasteiger partial charge in [0, 0.05) is 24.6 Å². The number of aromatic nitrogens is 1. The largest absolute Gasteiger partial charge is 0.377 e. The van der Waals surface area contributed by atoms with E-state index in [9.17, 15) is 4.79 Å². The molecule has 3 heteroatoms. The summed E-state index contributed by atoms with van der Waals surface area (Å²) in [4.78, 5) is 12.7. The highest BCUT2D eigenvalue weighted by Crippen LogP contribution is 2.28. The predicted molar refractivity (Wildman–Crippen MR) is 90.0 cm³/mol. The van der Waals surface area contributed by atoms with Gasteiger partial charge in [0.1, 0.15) is 0 Å². The van der Waals surface area contributed by atoms with Crippen molar-refractivity contribution < 1.29 is 4.74 Å². The van der Waals surface area contributed by atoms with Gasteiger partial charge in [0.15, 0.2) is 0 Å². The number of rotatable bonds is 4. The number of benzene rings is 2. The molecule has 1 aromatic heterocycles. The molecule has 0 radical (unpaired) electrons. The third-order valence-corrected chi connectivity index (χ3v) is 3.91. The maximum Gasteiger partial charge on any atom is 0.258 e. The van der Waals surface area contributed by atoms with E-state index in [0.29, 0.717) is 13.2 Å². The summed E-state index contributed by atoms with van der Waals surface area (Å²) in [5.74, 6) is 0. The lowest BCUT2D eigenvalue weighted by Gasteiger charge is -2.17. The van der Waals surface area contributed by atoms with E-state index in [2.05, 4.69) is 0 Å². The lowest BCUT2D eigenvalue weighted by Crippen LogP contribution is -2.21. The maximum atomic E-state index is 12.7. The molecule has 22 heavy (non-hydrogen) atoms. The Labute approximate surface area is 129 Å². The Bertz CT molecular complexity index is 850. The molecule has 0 aliphatic rings. The minimum absolute atomic E-state index is 0.0229. The molecule has 0 atom stereocenters. The van der Waals surface area contributed by atoms with Crippen molar-refractivity contribution in [2.75, 3.05) is 6.61 Å². The van der Waals surface area contributed by atoms with Crippen LogP contribution in [0.1, 0.15) is 12.5 Å². The molecule has 0 saturated heterocycles. The van der Waals surface area contributed by atoms with E-state index in [0.717, 1.165) is 27.6 Å². The molecule has 0 amide bonds. The normalized spacial score (nSPS) is 11.0. The molecule has 0 fully saturated rings. The first-order chi connectivity index (χ1) is 10.7. The average molecular weight is 293 g/mol. The average Bonchev–Trinajstić information content (AvgIpc) is 2.57. The van der Waals surface area contributed by atoms with Crippen LogP contribution in [0.25, 0.3) is 22.0 Å². The zero-order valence-electron chi connectivity index (χ0n) is 12.9. The van der Waals surface area contributed by atoms with Crippen LogP contribution < -0.4 is 5.56 Å². The van der Waals surface area contributed by atoms with Crippen LogP contribution >= 0.6 is 0 Å². The van der Waals surface area contributed by atoms with Crippen molar-refractivity contribution in [1.29, 1.82) is 0 Å². The van der Waals surface area contributed by atoms with Crippen molar-refractivity contribution in [2.24, 2.45) is 7.05 Å². The van der Waals surface area contributed by atoms with Gasteiger partial charge in [-0.2, -0.15) is 0 Å². The van der Waals surface area contributed by atoms with Gasteiger partial charge in [-0.3, -0.25) is 4.79 Å². The van der Waals surface area contributed by atoms with Crippen LogP contribution in [0.4, 0.5) is 0 Å². The zero-order chi connectivity index (χ0) is 15.5. The van der Waals surface area contributed by atoms with E-state index in [1.165, 1.54) is 0 Å². The Morgan fingerprint density at radius 1 is 0.955 bits per heavy atom. The minimum atomic E-state index is 0.0229. The van der Waals surface area contributed by atoms with Gasteiger partial charge in [-0.1, -0.05) is 48.5 Å². The van der Waals surface area contributed by atoms with Crippen molar-refractivity contribution in [3.05, 3.63) is 70.5 Å². The Kier molecular flexibility index (Phi) is 4.07. The van der Waals surface area contributed by atoms with E-state index in [-0.39, 0.29) is 5.56 Å². The first-order valence-corrected chi connectivity index (χ1v) is 7.47. The summed E-state index contributed by atoms with van der Waals surface area (Å²) in [7, 11) is 1.83. The van der Waals surface area contributed by atoms with E-state index >= 15 is 0 Å². The summed E-state index contributed by atoms with van der Waals surface area (Å²) in [6.45, 7) is 3.12. The molecule has 0 aliphatic carbocycles. The van der Waals surface area contributed by atoms with Gasteiger partial charge in [-0.15, -0.1) is 0 Å². The lowest BCUT2D eigenvalue weighted by atomic mass is 9.99. The lowest BCUT2D eigenvalue weighted by molar-refractivity contribution is 0.135. The minimum Gasteiger partial charge on any atom is -0.377 e. The van der Waals surface area contributed by atoms with Crippen LogP contribution in [0.2, 0.25) is 0 Å². The summed E-state index contributed by atoms with van der Waals surface area (Å²) >= 11 is 0. The van der Waals surface area contributed by atoms with E-state index < -0.39 is 0 Å². The third-order valence-electron chi connectivity index (χ3n) is 3.91. The quantitative estimate of drug-likeness (QED) is 0.733. The molecule has 3 nitrogen and oxygen atoms in total. The molecule has 1 heterocycles. The number of fused-ring (bicyclic) bond motifs is 1. The van der Waals surface area contributed by atoms with Crippen LogP contribution in [0.3, 0.4) is 0 Å². The van der Waals surface area contributed by atoms with Gasteiger partial charge in [-0.05, 0) is 23.9 Å². The summed E-state index contributed by atoms with van der Waals surface area (Å²) in [6, 6.07) is 17.7. The van der Waals surface area contributed by atoms with Crippen LogP contribution in [-0.4, -0.2) is 11.2 Å². The first-order valence-electron chi connectivity index (χ1n) is 7.47. The second-order valence-corrected chi connectivity index (χ2v) is 5.24. The second kappa shape index (κ2) is 6.16. The number of ether oxygens (including phenoxy) is 1. The Hall–Kier alpha value is -2.39. The monoisotopic (exact) mass is 293 g/mol. The molecule has 0 saturated carbocycles. The van der Waals surface area contributed by atoms with Gasteiger partial charge in [0.25, 0.3) is 5.56 Å². The second-order valence-electron chi connectivity index (χ2n) is 5.24. The Morgan fingerprint density at radius 3 is 2.27 bits per heavy atom. The maximum absolute atomic E-state index is 12.7. The third kappa shape index (κ3) is 2.44. The van der Waals surface area contributed by atoms with Crippen molar-refractivity contribution >= 4 is 10.8 Å². The SMILES string of the molecule is CCOCc1c(-c2ccccc2)n(C)c(=O)c2ccccc12. The van der Waals surface area contributed by atoms with Gasteiger partial charge in [0.2, 0.25) is 0 Å². The van der Waals surface area contributed by atoms with Crippen molar-refractivity contribution in [3.63, 3.8) is 0 Å². The number of hydrogen-bond donors (Lipinski definition) is 0. The Balaban J connectivity index is 2.38. The number of pyridine rings is 1. The Morgan fingerprint density at radius 2 is 1.59 bits per heavy atom. The molecule has 3 aromatic rings. The molecule has 0 aliphatic heterocycles. The number of nitrogens with zero attached hydrogens (tertiary/aromatic N) is 1. The van der Waals surface area contributed by atoms with E-state index in [1.54, 1.807) is 4.57 Å². The molecule has 3 rings (SSSR count). The van der Waals surface area contributed by atoms with E-state index in [1.807, 2.05) is 68.6 Å². The molecule has 0 spiro atoms. The fourth-order valence-corrected chi connectivity index (χ4v) is 2.86. The fourth-order valence-electron chi connectivity index (χ4n) is 2.86. The standard InChI is InChI=1S/C19H19NO2/c1-3-22-13-17-15-11-7-8-12-16(15)19(21)20(2)18(17)14-9-5-4-6-10-14/h4-12H,3,13H2,1-2H3. The highest BCUT2D eigenvalue weighted by Gasteiger charge is 2.15.